The largest absolute Gasteiger partial charge is 0.347 e. The first-order valence-electron chi connectivity index (χ1n) is 7.11. The topological polar surface area (TPSA) is 52.9 Å². The molecule has 3 nitrogen and oxygen atoms in total. The lowest BCUT2D eigenvalue weighted by molar-refractivity contribution is -0.117. The van der Waals surface area contributed by atoms with E-state index in [0.717, 1.165) is 22.3 Å². The average Bonchev–Trinajstić information content (AvgIpc) is 2.54. The summed E-state index contributed by atoms with van der Waals surface area (Å²) >= 11 is 0. The van der Waals surface area contributed by atoms with Crippen molar-refractivity contribution in [3.63, 3.8) is 0 Å². The standard InChI is InChI=1S/C19H18N2O/c1-14-8-9-15(2)17(10-14)11-18(12-20)19(22)21-13-16-6-4-3-5-7-16/h3-11H,13H2,1-2H3,(H,21,22)/b18-11+. The predicted octanol–water partition coefficient (Wildman–Crippen LogP) is 3.53. The van der Waals surface area contributed by atoms with E-state index >= 15 is 0 Å². The van der Waals surface area contributed by atoms with Crippen molar-refractivity contribution in [2.24, 2.45) is 0 Å². The minimum Gasteiger partial charge on any atom is -0.347 e. The quantitative estimate of drug-likeness (QED) is 0.692. The van der Waals surface area contributed by atoms with Crippen LogP contribution in [0.4, 0.5) is 0 Å². The fraction of sp³-hybridized carbons (Fsp3) is 0.158. The maximum atomic E-state index is 12.1. The number of benzene rings is 2. The maximum Gasteiger partial charge on any atom is 0.262 e. The van der Waals surface area contributed by atoms with Gasteiger partial charge < -0.3 is 5.32 Å². The Hall–Kier alpha value is -2.86. The summed E-state index contributed by atoms with van der Waals surface area (Å²) in [5.41, 5.74) is 4.14. The van der Waals surface area contributed by atoms with Crippen molar-refractivity contribution in [3.05, 3.63) is 76.4 Å². The molecule has 0 atom stereocenters. The molecule has 0 heterocycles. The summed E-state index contributed by atoms with van der Waals surface area (Å²) in [5.74, 6) is -0.354. The number of hydrogen-bond donors (Lipinski definition) is 1. The number of nitrogens with zero attached hydrogens (tertiary/aromatic N) is 1. The summed E-state index contributed by atoms with van der Waals surface area (Å²) in [6.07, 6.45) is 1.64. The fourth-order valence-electron chi connectivity index (χ4n) is 2.09. The van der Waals surface area contributed by atoms with Crippen LogP contribution in [0.1, 0.15) is 22.3 Å². The smallest absolute Gasteiger partial charge is 0.262 e. The number of nitriles is 1. The van der Waals surface area contributed by atoms with Crippen LogP contribution in [-0.2, 0) is 11.3 Å². The molecule has 1 N–H and O–H groups in total. The molecule has 0 unspecified atom stereocenters. The van der Waals surface area contributed by atoms with Gasteiger partial charge >= 0.3 is 0 Å². The summed E-state index contributed by atoms with van der Waals surface area (Å²) in [6, 6.07) is 17.6. The highest BCUT2D eigenvalue weighted by Crippen LogP contribution is 2.14. The van der Waals surface area contributed by atoms with E-state index < -0.39 is 0 Å². The number of rotatable bonds is 4. The highest BCUT2D eigenvalue weighted by atomic mass is 16.1. The Labute approximate surface area is 130 Å². The van der Waals surface area contributed by atoms with Gasteiger partial charge in [0.05, 0.1) is 0 Å². The normalized spacial score (nSPS) is 10.9. The third-order valence-corrected chi connectivity index (χ3v) is 3.40. The second-order valence-electron chi connectivity index (χ2n) is 5.20. The van der Waals surface area contributed by atoms with Gasteiger partial charge in [-0.15, -0.1) is 0 Å². The van der Waals surface area contributed by atoms with Crippen LogP contribution in [0.3, 0.4) is 0 Å². The van der Waals surface area contributed by atoms with Gasteiger partial charge in [-0.25, -0.2) is 0 Å². The van der Waals surface area contributed by atoms with Crippen LogP contribution in [0.25, 0.3) is 6.08 Å². The van der Waals surface area contributed by atoms with Crippen molar-refractivity contribution in [3.8, 4) is 6.07 Å². The first-order valence-corrected chi connectivity index (χ1v) is 7.11. The van der Waals surface area contributed by atoms with Crippen LogP contribution in [0, 0.1) is 25.2 Å². The van der Waals surface area contributed by atoms with Gasteiger partial charge in [-0.3, -0.25) is 4.79 Å². The van der Waals surface area contributed by atoms with Crippen LogP contribution < -0.4 is 5.32 Å². The molecule has 0 saturated heterocycles. The molecule has 0 aliphatic carbocycles. The summed E-state index contributed by atoms with van der Waals surface area (Å²) in [5, 5.41) is 12.0. The van der Waals surface area contributed by atoms with Gasteiger partial charge in [0.15, 0.2) is 0 Å². The Morgan fingerprint density at radius 1 is 1.18 bits per heavy atom. The second-order valence-corrected chi connectivity index (χ2v) is 5.20. The zero-order valence-corrected chi connectivity index (χ0v) is 12.8. The van der Waals surface area contributed by atoms with E-state index in [9.17, 15) is 10.1 Å². The SMILES string of the molecule is Cc1ccc(C)c(/C=C(\C#N)C(=O)NCc2ccccc2)c1. The molecule has 110 valence electrons. The molecule has 0 aliphatic rings. The lowest BCUT2D eigenvalue weighted by Gasteiger charge is -2.06. The number of amides is 1. The van der Waals surface area contributed by atoms with Gasteiger partial charge in [-0.2, -0.15) is 5.26 Å². The summed E-state index contributed by atoms with van der Waals surface area (Å²) < 4.78 is 0. The predicted molar refractivity (Wildman–Crippen MR) is 87.8 cm³/mol. The van der Waals surface area contributed by atoms with Crippen LogP contribution in [-0.4, -0.2) is 5.91 Å². The van der Waals surface area contributed by atoms with Crippen molar-refractivity contribution in [1.29, 1.82) is 5.26 Å². The molecule has 22 heavy (non-hydrogen) atoms. The van der Waals surface area contributed by atoms with E-state index in [-0.39, 0.29) is 11.5 Å². The molecule has 0 aromatic heterocycles. The number of hydrogen-bond acceptors (Lipinski definition) is 2. The molecular formula is C19H18N2O. The molecular weight excluding hydrogens is 272 g/mol. The van der Waals surface area contributed by atoms with E-state index in [0.29, 0.717) is 6.54 Å². The molecule has 0 fully saturated rings. The Bertz CT molecular complexity index is 740. The molecule has 3 heteroatoms. The van der Waals surface area contributed by atoms with Crippen LogP contribution in [0.15, 0.2) is 54.1 Å². The van der Waals surface area contributed by atoms with Crippen LogP contribution in [0.5, 0.6) is 0 Å². The first-order chi connectivity index (χ1) is 10.6. The fourth-order valence-corrected chi connectivity index (χ4v) is 2.09. The Balaban J connectivity index is 2.14. The lowest BCUT2D eigenvalue weighted by Crippen LogP contribution is -2.23. The summed E-state index contributed by atoms with van der Waals surface area (Å²) in [4.78, 5) is 12.1. The van der Waals surface area contributed by atoms with E-state index in [4.69, 9.17) is 0 Å². The summed E-state index contributed by atoms with van der Waals surface area (Å²) in [6.45, 7) is 4.35. The van der Waals surface area contributed by atoms with Crippen LogP contribution in [0.2, 0.25) is 0 Å². The van der Waals surface area contributed by atoms with Gasteiger partial charge in [0, 0.05) is 6.54 Å². The minimum atomic E-state index is -0.354. The number of aryl methyl sites for hydroxylation is 2. The van der Waals surface area contributed by atoms with Crippen molar-refractivity contribution in [2.45, 2.75) is 20.4 Å². The second kappa shape index (κ2) is 7.24. The molecule has 0 bridgehead atoms. The molecule has 2 aromatic carbocycles. The van der Waals surface area contributed by atoms with Gasteiger partial charge in [-0.05, 0) is 36.6 Å². The van der Waals surface area contributed by atoms with E-state index in [2.05, 4.69) is 5.32 Å². The highest BCUT2D eigenvalue weighted by Gasteiger charge is 2.09. The molecule has 2 aromatic rings. The number of carbonyl (C=O) groups excluding carboxylic acids is 1. The van der Waals surface area contributed by atoms with Gasteiger partial charge in [0.25, 0.3) is 5.91 Å². The summed E-state index contributed by atoms with van der Waals surface area (Å²) in [7, 11) is 0. The van der Waals surface area contributed by atoms with Crippen molar-refractivity contribution >= 4 is 12.0 Å². The highest BCUT2D eigenvalue weighted by molar-refractivity contribution is 6.01. The number of nitrogens with one attached hydrogen (secondary N) is 1. The van der Waals surface area contributed by atoms with Gasteiger partial charge in [0.2, 0.25) is 0 Å². The average molecular weight is 290 g/mol. The Morgan fingerprint density at radius 3 is 2.59 bits per heavy atom. The maximum absolute atomic E-state index is 12.1. The zero-order chi connectivity index (χ0) is 15.9. The molecule has 0 saturated carbocycles. The third-order valence-electron chi connectivity index (χ3n) is 3.40. The third kappa shape index (κ3) is 4.07. The Kier molecular flexibility index (Phi) is 5.11. The van der Waals surface area contributed by atoms with Crippen LogP contribution >= 0.6 is 0 Å². The van der Waals surface area contributed by atoms with E-state index in [1.54, 1.807) is 6.08 Å². The minimum absolute atomic E-state index is 0.115. The van der Waals surface area contributed by atoms with Gasteiger partial charge in [-0.1, -0.05) is 54.1 Å². The van der Waals surface area contributed by atoms with Crippen molar-refractivity contribution in [1.82, 2.24) is 5.32 Å². The molecule has 1 amide bonds. The molecule has 0 spiro atoms. The monoisotopic (exact) mass is 290 g/mol. The van der Waals surface area contributed by atoms with E-state index in [1.807, 2.05) is 68.4 Å². The first kappa shape index (κ1) is 15.5. The zero-order valence-electron chi connectivity index (χ0n) is 12.8. The van der Waals surface area contributed by atoms with Crippen molar-refractivity contribution < 1.29 is 4.79 Å². The van der Waals surface area contributed by atoms with E-state index in [1.165, 1.54) is 0 Å². The number of carbonyl (C=O) groups is 1. The molecule has 0 radical (unpaired) electrons. The molecule has 0 aliphatic heterocycles. The van der Waals surface area contributed by atoms with Gasteiger partial charge in [0.1, 0.15) is 11.6 Å². The lowest BCUT2D eigenvalue weighted by atomic mass is 10.0. The Morgan fingerprint density at radius 2 is 1.91 bits per heavy atom. The molecule has 2 rings (SSSR count). The van der Waals surface area contributed by atoms with Crippen molar-refractivity contribution in [2.75, 3.05) is 0 Å².